The van der Waals surface area contributed by atoms with Crippen LogP contribution in [0.3, 0.4) is 0 Å². The highest BCUT2D eigenvalue weighted by Crippen LogP contribution is 2.39. The van der Waals surface area contributed by atoms with E-state index in [2.05, 4.69) is 25.7 Å². The molecule has 0 radical (unpaired) electrons. The Kier molecular flexibility index (Phi) is 5.27. The van der Waals surface area contributed by atoms with Gasteiger partial charge in [0.2, 0.25) is 0 Å². The lowest BCUT2D eigenvalue weighted by atomic mass is 9.73. The molecule has 19 heavy (non-hydrogen) atoms. The van der Waals surface area contributed by atoms with Crippen molar-refractivity contribution >= 4 is 0 Å². The summed E-state index contributed by atoms with van der Waals surface area (Å²) in [6.45, 7) is 9.56. The van der Waals surface area contributed by atoms with Crippen molar-refractivity contribution in [2.45, 2.75) is 77.0 Å². The SMILES string of the molecule is CCC1CCC(CN)(N2CC(C)OCC2CC)CC1. The highest BCUT2D eigenvalue weighted by atomic mass is 16.5. The largest absolute Gasteiger partial charge is 0.376 e. The maximum atomic E-state index is 6.24. The molecule has 0 aromatic carbocycles. The third kappa shape index (κ3) is 3.14. The second-order valence-electron chi connectivity index (χ2n) is 6.64. The Morgan fingerprint density at radius 1 is 1.21 bits per heavy atom. The van der Waals surface area contributed by atoms with E-state index in [0.717, 1.165) is 25.6 Å². The first-order chi connectivity index (χ1) is 9.15. The standard InChI is InChI=1S/C16H32N2O/c1-4-14-6-8-16(12-17,9-7-14)18-10-13(3)19-11-15(18)5-2/h13-15H,4-12,17H2,1-3H3. The molecule has 2 fully saturated rings. The molecule has 2 atom stereocenters. The minimum absolute atomic E-state index is 0.254. The molecule has 3 heteroatoms. The number of ether oxygens (including phenoxy) is 1. The zero-order valence-electron chi connectivity index (χ0n) is 13.0. The number of nitrogens with zero attached hydrogens (tertiary/aromatic N) is 1. The molecule has 2 aliphatic rings. The van der Waals surface area contributed by atoms with Crippen LogP contribution in [0.2, 0.25) is 0 Å². The molecule has 112 valence electrons. The third-order valence-corrected chi connectivity index (χ3v) is 5.54. The van der Waals surface area contributed by atoms with Gasteiger partial charge in [-0.1, -0.05) is 20.3 Å². The van der Waals surface area contributed by atoms with Gasteiger partial charge in [0.15, 0.2) is 0 Å². The average molecular weight is 268 g/mol. The van der Waals surface area contributed by atoms with Crippen LogP contribution < -0.4 is 5.73 Å². The van der Waals surface area contributed by atoms with Gasteiger partial charge in [0.1, 0.15) is 0 Å². The van der Waals surface area contributed by atoms with Crippen LogP contribution in [-0.4, -0.2) is 42.3 Å². The summed E-state index contributed by atoms with van der Waals surface area (Å²) in [5, 5.41) is 0. The molecule has 0 amide bonds. The Hall–Kier alpha value is -0.120. The average Bonchev–Trinajstić information content (AvgIpc) is 2.47. The summed E-state index contributed by atoms with van der Waals surface area (Å²) < 4.78 is 5.85. The predicted molar refractivity (Wildman–Crippen MR) is 80.2 cm³/mol. The molecule has 0 aromatic rings. The molecule has 1 saturated carbocycles. The van der Waals surface area contributed by atoms with Crippen molar-refractivity contribution in [3.63, 3.8) is 0 Å². The Bertz CT molecular complexity index is 274. The topological polar surface area (TPSA) is 38.5 Å². The minimum Gasteiger partial charge on any atom is -0.376 e. The maximum Gasteiger partial charge on any atom is 0.0675 e. The number of nitrogens with two attached hydrogens (primary N) is 1. The van der Waals surface area contributed by atoms with E-state index < -0.39 is 0 Å². The van der Waals surface area contributed by atoms with Crippen LogP contribution in [0.25, 0.3) is 0 Å². The van der Waals surface area contributed by atoms with Gasteiger partial charge in [-0.3, -0.25) is 4.90 Å². The summed E-state index contributed by atoms with van der Waals surface area (Å²) in [6.07, 6.45) is 8.14. The van der Waals surface area contributed by atoms with E-state index in [-0.39, 0.29) is 5.54 Å². The van der Waals surface area contributed by atoms with Crippen molar-refractivity contribution in [2.75, 3.05) is 19.7 Å². The highest BCUT2D eigenvalue weighted by Gasteiger charge is 2.43. The molecule has 0 bridgehead atoms. The first-order valence-corrected chi connectivity index (χ1v) is 8.23. The zero-order chi connectivity index (χ0) is 13.9. The van der Waals surface area contributed by atoms with E-state index in [0.29, 0.717) is 12.1 Å². The van der Waals surface area contributed by atoms with Crippen molar-refractivity contribution < 1.29 is 4.74 Å². The molecule has 0 aromatic heterocycles. The molecule has 0 spiro atoms. The fourth-order valence-electron chi connectivity index (χ4n) is 4.00. The maximum absolute atomic E-state index is 6.24. The van der Waals surface area contributed by atoms with Crippen LogP contribution in [0.5, 0.6) is 0 Å². The second kappa shape index (κ2) is 6.55. The molecule has 1 aliphatic carbocycles. The lowest BCUT2D eigenvalue weighted by Crippen LogP contribution is -2.64. The Morgan fingerprint density at radius 2 is 1.89 bits per heavy atom. The van der Waals surface area contributed by atoms with Crippen molar-refractivity contribution in [3.05, 3.63) is 0 Å². The van der Waals surface area contributed by atoms with Crippen molar-refractivity contribution in [2.24, 2.45) is 11.7 Å². The molecule has 1 saturated heterocycles. The molecule has 1 heterocycles. The van der Waals surface area contributed by atoms with Crippen molar-refractivity contribution in [1.29, 1.82) is 0 Å². The van der Waals surface area contributed by atoms with Gasteiger partial charge in [0.25, 0.3) is 0 Å². The monoisotopic (exact) mass is 268 g/mol. The van der Waals surface area contributed by atoms with Gasteiger partial charge in [-0.15, -0.1) is 0 Å². The minimum atomic E-state index is 0.254. The number of hydrogen-bond acceptors (Lipinski definition) is 3. The van der Waals surface area contributed by atoms with Crippen LogP contribution in [0, 0.1) is 5.92 Å². The Morgan fingerprint density at radius 3 is 2.42 bits per heavy atom. The van der Waals surface area contributed by atoms with Crippen LogP contribution >= 0.6 is 0 Å². The first-order valence-electron chi connectivity index (χ1n) is 8.23. The molecular weight excluding hydrogens is 236 g/mol. The summed E-state index contributed by atoms with van der Waals surface area (Å²) in [5.41, 5.74) is 6.49. The van der Waals surface area contributed by atoms with Gasteiger partial charge >= 0.3 is 0 Å². The Balaban J connectivity index is 2.10. The van der Waals surface area contributed by atoms with E-state index in [1.165, 1.54) is 38.5 Å². The third-order valence-electron chi connectivity index (χ3n) is 5.54. The van der Waals surface area contributed by atoms with Crippen molar-refractivity contribution in [3.8, 4) is 0 Å². The van der Waals surface area contributed by atoms with Gasteiger partial charge in [-0.2, -0.15) is 0 Å². The van der Waals surface area contributed by atoms with Crippen LogP contribution in [0.4, 0.5) is 0 Å². The summed E-state index contributed by atoms with van der Waals surface area (Å²) in [6, 6.07) is 0.568. The number of rotatable bonds is 4. The quantitative estimate of drug-likeness (QED) is 0.852. The second-order valence-corrected chi connectivity index (χ2v) is 6.64. The van der Waals surface area contributed by atoms with Gasteiger partial charge in [-0.05, 0) is 44.9 Å². The lowest BCUT2D eigenvalue weighted by Gasteiger charge is -2.53. The molecule has 3 nitrogen and oxygen atoms in total. The fourth-order valence-corrected chi connectivity index (χ4v) is 4.00. The van der Waals surface area contributed by atoms with E-state index in [1.807, 2.05) is 0 Å². The molecule has 2 unspecified atom stereocenters. The smallest absolute Gasteiger partial charge is 0.0675 e. The van der Waals surface area contributed by atoms with E-state index in [1.54, 1.807) is 0 Å². The van der Waals surface area contributed by atoms with Crippen LogP contribution in [0.1, 0.15) is 59.3 Å². The molecule has 2 N–H and O–H groups in total. The number of morpholine rings is 1. The zero-order valence-corrected chi connectivity index (χ0v) is 13.0. The summed E-state index contributed by atoms with van der Waals surface area (Å²) >= 11 is 0. The van der Waals surface area contributed by atoms with E-state index in [4.69, 9.17) is 10.5 Å². The van der Waals surface area contributed by atoms with E-state index in [9.17, 15) is 0 Å². The summed E-state index contributed by atoms with van der Waals surface area (Å²) in [7, 11) is 0. The molecule has 2 rings (SSSR count). The summed E-state index contributed by atoms with van der Waals surface area (Å²) in [4.78, 5) is 2.72. The van der Waals surface area contributed by atoms with Gasteiger partial charge in [0.05, 0.1) is 12.7 Å². The summed E-state index contributed by atoms with van der Waals surface area (Å²) in [5.74, 6) is 0.929. The van der Waals surface area contributed by atoms with Crippen LogP contribution in [0.15, 0.2) is 0 Å². The molecular formula is C16H32N2O. The highest BCUT2D eigenvalue weighted by molar-refractivity contribution is 4.99. The first kappa shape index (κ1) is 15.3. The Labute approximate surface area is 118 Å². The van der Waals surface area contributed by atoms with Crippen LogP contribution in [-0.2, 0) is 4.74 Å². The lowest BCUT2D eigenvalue weighted by molar-refractivity contribution is -0.110. The normalized spacial score (nSPS) is 41.4. The van der Waals surface area contributed by atoms with E-state index >= 15 is 0 Å². The van der Waals surface area contributed by atoms with Crippen molar-refractivity contribution in [1.82, 2.24) is 4.90 Å². The van der Waals surface area contributed by atoms with Gasteiger partial charge in [0, 0.05) is 24.7 Å². The van der Waals surface area contributed by atoms with Gasteiger partial charge in [-0.25, -0.2) is 0 Å². The predicted octanol–water partition coefficient (Wildman–Crippen LogP) is 2.78. The fraction of sp³-hybridized carbons (Fsp3) is 1.00. The number of hydrogen-bond donors (Lipinski definition) is 1. The van der Waals surface area contributed by atoms with Gasteiger partial charge < -0.3 is 10.5 Å². The molecule has 1 aliphatic heterocycles.